The minimum Gasteiger partial charge on any atom is -0.484 e. The predicted molar refractivity (Wildman–Crippen MR) is 141 cm³/mol. The van der Waals surface area contributed by atoms with Crippen LogP contribution in [-0.4, -0.2) is 72.7 Å². The second kappa shape index (κ2) is 11.7. The molecule has 40 heavy (non-hydrogen) atoms. The maximum Gasteiger partial charge on any atom is 0.228 e. The van der Waals surface area contributed by atoms with Crippen LogP contribution in [0.2, 0.25) is 0 Å². The largest absolute Gasteiger partial charge is 0.484 e. The van der Waals surface area contributed by atoms with E-state index in [4.69, 9.17) is 20.7 Å². The minimum absolute atomic E-state index is 0.00381. The first kappa shape index (κ1) is 27.0. The molecular weight excluding hydrogens is 520 g/mol. The number of fused-ring (bicyclic) bond motifs is 2. The van der Waals surface area contributed by atoms with Gasteiger partial charge in [0, 0.05) is 37.4 Å². The van der Waals surface area contributed by atoms with E-state index in [1.165, 1.54) is 0 Å². The summed E-state index contributed by atoms with van der Waals surface area (Å²) in [5.41, 5.74) is 15.1. The Balaban J connectivity index is 0.000000162. The molecule has 0 spiro atoms. The quantitative estimate of drug-likeness (QED) is 0.324. The molecule has 6 heterocycles. The van der Waals surface area contributed by atoms with Crippen LogP contribution in [0, 0.1) is 11.8 Å². The number of ketones is 2. The normalized spacial score (nSPS) is 21.5. The average molecular weight is 549 g/mol. The molecule has 0 bridgehead atoms. The van der Waals surface area contributed by atoms with Gasteiger partial charge in [-0.3, -0.25) is 29.0 Å². The smallest absolute Gasteiger partial charge is 0.228 e. The second-order valence-corrected chi connectivity index (χ2v) is 10.0. The highest BCUT2D eigenvalue weighted by molar-refractivity contribution is 5.96. The zero-order valence-electron chi connectivity index (χ0n) is 21.7. The van der Waals surface area contributed by atoms with Crippen molar-refractivity contribution >= 4 is 35.0 Å². The third-order valence-electron chi connectivity index (χ3n) is 7.04. The van der Waals surface area contributed by atoms with Crippen LogP contribution in [0.5, 0.6) is 11.5 Å². The van der Waals surface area contributed by atoms with E-state index in [1.807, 2.05) is 0 Å². The molecule has 4 aliphatic rings. The molecule has 0 unspecified atom stereocenters. The third-order valence-corrected chi connectivity index (χ3v) is 7.04. The Labute approximate surface area is 229 Å². The van der Waals surface area contributed by atoms with Crippen LogP contribution in [-0.2, 0) is 32.0 Å². The van der Waals surface area contributed by atoms with Crippen LogP contribution in [0.1, 0.15) is 24.2 Å². The first-order chi connectivity index (χ1) is 19.3. The third kappa shape index (κ3) is 5.87. The van der Waals surface area contributed by atoms with Crippen LogP contribution < -0.4 is 25.0 Å². The molecule has 0 aliphatic carbocycles. The van der Waals surface area contributed by atoms with Crippen LogP contribution in [0.15, 0.2) is 29.4 Å². The fourth-order valence-electron chi connectivity index (χ4n) is 5.00. The second-order valence-electron chi connectivity index (χ2n) is 10.0. The Kier molecular flexibility index (Phi) is 7.89. The number of carbonyl (C=O) groups excluding carboxylic acids is 4. The average Bonchev–Trinajstić information content (AvgIpc) is 3.52. The fraction of sp³-hybridized carbons (Fsp3) is 0.462. The van der Waals surface area contributed by atoms with Crippen LogP contribution in [0.4, 0.5) is 11.6 Å². The molecule has 2 saturated heterocycles. The maximum atomic E-state index is 12.0. The molecule has 14 heteroatoms. The zero-order valence-corrected chi connectivity index (χ0v) is 21.7. The Morgan fingerprint density at radius 1 is 0.850 bits per heavy atom. The van der Waals surface area contributed by atoms with E-state index in [0.29, 0.717) is 73.5 Å². The zero-order chi connectivity index (χ0) is 28.2. The molecule has 0 saturated carbocycles. The number of carbonyl (C=O) groups is 4. The van der Waals surface area contributed by atoms with Gasteiger partial charge in [0.15, 0.2) is 11.6 Å². The molecular formula is C26H28N8O6. The summed E-state index contributed by atoms with van der Waals surface area (Å²) < 4.78 is 10.6. The summed E-state index contributed by atoms with van der Waals surface area (Å²) in [6, 6.07) is 6.97. The Hall–Kier alpha value is -4.55. The molecule has 2 aromatic heterocycles. The highest BCUT2D eigenvalue weighted by atomic mass is 16.5. The van der Waals surface area contributed by atoms with Crippen molar-refractivity contribution in [1.82, 2.24) is 9.97 Å². The number of anilines is 2. The number of Topliss-reactive ketones (excluding diaryl/α,β-unsaturated/α-hetero) is 2. The number of ether oxygens (including phenoxy) is 2. The molecule has 208 valence electrons. The van der Waals surface area contributed by atoms with E-state index < -0.39 is 0 Å². The molecule has 2 N–H and O–H groups in total. The lowest BCUT2D eigenvalue weighted by molar-refractivity contribution is -0.122. The monoisotopic (exact) mass is 548 g/mol. The lowest BCUT2D eigenvalue weighted by atomic mass is 10.1. The van der Waals surface area contributed by atoms with Gasteiger partial charge in [-0.25, -0.2) is 9.97 Å². The minimum atomic E-state index is -0.0522. The number of amides is 2. The van der Waals surface area contributed by atoms with E-state index in [1.54, 1.807) is 34.1 Å². The van der Waals surface area contributed by atoms with Crippen molar-refractivity contribution < 1.29 is 28.7 Å². The van der Waals surface area contributed by atoms with Crippen molar-refractivity contribution in [3.05, 3.63) is 46.1 Å². The topological polar surface area (TPSA) is 194 Å². The first-order valence-electron chi connectivity index (χ1n) is 12.9. The number of rotatable bonds is 5. The van der Waals surface area contributed by atoms with Gasteiger partial charge in [-0.05, 0) is 48.2 Å². The highest BCUT2D eigenvalue weighted by Gasteiger charge is 2.33. The van der Waals surface area contributed by atoms with Crippen molar-refractivity contribution in [2.75, 3.05) is 49.2 Å². The van der Waals surface area contributed by atoms with Gasteiger partial charge in [0.1, 0.15) is 36.3 Å². The SMILES string of the molecule is NC[C@@H]1CC(=O)N(c2ccc3c(n2)CC(=O)CO3)C1.[N-]=[N+]=NC[C@@H]1CC(=O)N(c2ccc3c(n2)CC(=O)CO3)C1. The van der Waals surface area contributed by atoms with Crippen LogP contribution in [0.3, 0.4) is 0 Å². The number of aromatic nitrogens is 2. The molecule has 2 aromatic rings. The molecule has 0 aromatic carbocycles. The summed E-state index contributed by atoms with van der Waals surface area (Å²) >= 11 is 0. The Morgan fingerprint density at radius 2 is 1.35 bits per heavy atom. The van der Waals surface area contributed by atoms with Gasteiger partial charge in [-0.1, -0.05) is 5.11 Å². The number of azide groups is 1. The predicted octanol–water partition coefficient (Wildman–Crippen LogP) is 1.15. The van der Waals surface area contributed by atoms with Gasteiger partial charge in [0.2, 0.25) is 11.8 Å². The van der Waals surface area contributed by atoms with E-state index in [-0.39, 0.29) is 61.3 Å². The number of nitrogens with two attached hydrogens (primary N) is 1. The van der Waals surface area contributed by atoms with Gasteiger partial charge < -0.3 is 15.2 Å². The summed E-state index contributed by atoms with van der Waals surface area (Å²) in [5.74, 6) is 2.47. The summed E-state index contributed by atoms with van der Waals surface area (Å²) in [6.45, 7) is 2.03. The molecule has 4 aliphatic heterocycles. The van der Waals surface area contributed by atoms with E-state index in [9.17, 15) is 19.2 Å². The van der Waals surface area contributed by atoms with Crippen molar-refractivity contribution in [3.63, 3.8) is 0 Å². The number of pyridine rings is 2. The van der Waals surface area contributed by atoms with E-state index in [0.717, 1.165) is 0 Å². The van der Waals surface area contributed by atoms with Crippen molar-refractivity contribution in [2.24, 2.45) is 22.7 Å². The Bertz CT molecular complexity index is 1410. The van der Waals surface area contributed by atoms with Gasteiger partial charge in [0.05, 0.1) is 24.2 Å². The molecule has 6 rings (SSSR count). The van der Waals surface area contributed by atoms with E-state index >= 15 is 0 Å². The number of nitrogens with zero attached hydrogens (tertiary/aromatic N) is 7. The lowest BCUT2D eigenvalue weighted by Crippen LogP contribution is -2.28. The molecule has 0 radical (unpaired) electrons. The summed E-state index contributed by atoms with van der Waals surface area (Å²) in [6.07, 6.45) is 1.30. The van der Waals surface area contributed by atoms with Crippen LogP contribution in [0.25, 0.3) is 10.4 Å². The standard InChI is InChI=1S/C13H13N5O3.C13H15N3O3/c14-17-15-5-8-3-13(20)18(6-8)12-2-1-11-10(16-12)4-9(19)7-21-11;14-5-8-3-13(18)16(6-8)12-2-1-11-10(15-12)4-9(17)7-19-11/h1-2,8H,3-7H2;1-2,8H,3-7,14H2/t2*8-/m00/s1. The van der Waals surface area contributed by atoms with Crippen molar-refractivity contribution in [3.8, 4) is 11.5 Å². The van der Waals surface area contributed by atoms with Gasteiger partial charge in [0.25, 0.3) is 0 Å². The first-order valence-corrected chi connectivity index (χ1v) is 12.9. The number of hydrogen-bond acceptors (Lipinski definition) is 10. The van der Waals surface area contributed by atoms with E-state index in [2.05, 4.69) is 20.0 Å². The van der Waals surface area contributed by atoms with Crippen molar-refractivity contribution in [1.29, 1.82) is 0 Å². The molecule has 2 fully saturated rings. The van der Waals surface area contributed by atoms with Gasteiger partial charge in [-0.2, -0.15) is 0 Å². The van der Waals surface area contributed by atoms with Gasteiger partial charge >= 0.3 is 0 Å². The summed E-state index contributed by atoms with van der Waals surface area (Å²) in [5, 5.41) is 3.51. The fourth-order valence-corrected chi connectivity index (χ4v) is 5.00. The summed E-state index contributed by atoms with van der Waals surface area (Å²) in [7, 11) is 0. The number of hydrogen-bond donors (Lipinski definition) is 1. The van der Waals surface area contributed by atoms with Crippen LogP contribution >= 0.6 is 0 Å². The Morgan fingerprint density at radius 3 is 1.82 bits per heavy atom. The van der Waals surface area contributed by atoms with Gasteiger partial charge in [-0.15, -0.1) is 0 Å². The highest BCUT2D eigenvalue weighted by Crippen LogP contribution is 2.30. The molecule has 14 nitrogen and oxygen atoms in total. The lowest BCUT2D eigenvalue weighted by Gasteiger charge is -2.20. The van der Waals surface area contributed by atoms with Crippen molar-refractivity contribution in [2.45, 2.75) is 25.7 Å². The maximum absolute atomic E-state index is 12.0. The molecule has 2 atom stereocenters. The summed E-state index contributed by atoms with van der Waals surface area (Å²) in [4.78, 5) is 61.4. The molecule has 2 amide bonds.